The van der Waals surface area contributed by atoms with Crippen LogP contribution in [0.5, 0.6) is 0 Å². The lowest BCUT2D eigenvalue weighted by Crippen LogP contribution is -2.71. The SMILES string of the molecule is C[C@H]1[C@H](NC(=O)/C(=N\OC(C)(C)C(=O)OC(c2ccccc2)c2ccccc2)c2csc(N)n2)C(=O)N1S(=O)(=O)O. The first-order chi connectivity index (χ1) is 19.3. The first-order valence-corrected chi connectivity index (χ1v) is 14.5. The standard InChI is InChI=1S/C26H27N5O8S2/c1-15-19(23(33)31(15)41(35,36)37)29-22(32)20(18-14-40-25(27)28-18)30-39-26(2,3)24(34)38-21(16-10-6-4-7-11-16)17-12-8-5-9-13-17/h4-15,19,21H,1-3H3,(H2,27,28)(H,29,32)(H,35,36,37)/b30-20-/t15-,19-/m0/s1. The van der Waals surface area contributed by atoms with Gasteiger partial charge >= 0.3 is 16.3 Å². The molecule has 1 aromatic heterocycles. The van der Waals surface area contributed by atoms with Gasteiger partial charge in [-0.25, -0.2) is 14.1 Å². The minimum Gasteiger partial charge on any atom is -0.450 e. The van der Waals surface area contributed by atoms with E-state index in [-0.39, 0.29) is 15.1 Å². The molecule has 2 atom stereocenters. The number of hydrogen-bond donors (Lipinski definition) is 3. The number of β-lactam (4-membered cyclic amide) rings is 1. The van der Waals surface area contributed by atoms with Gasteiger partial charge in [-0.3, -0.25) is 14.1 Å². The topological polar surface area (TPSA) is 191 Å². The first kappa shape index (κ1) is 29.6. The third-order valence-corrected chi connectivity index (χ3v) is 7.82. The molecule has 1 aliphatic rings. The Labute approximate surface area is 239 Å². The van der Waals surface area contributed by atoms with E-state index in [2.05, 4.69) is 15.5 Å². The second kappa shape index (κ2) is 11.6. The van der Waals surface area contributed by atoms with Crippen LogP contribution in [-0.2, 0) is 34.3 Å². The average molecular weight is 602 g/mol. The molecule has 0 radical (unpaired) electrons. The number of nitrogens with zero attached hydrogens (tertiary/aromatic N) is 3. The van der Waals surface area contributed by atoms with Crippen LogP contribution in [0.4, 0.5) is 5.13 Å². The third-order valence-electron chi connectivity index (χ3n) is 6.14. The van der Waals surface area contributed by atoms with E-state index in [0.29, 0.717) is 0 Å². The minimum atomic E-state index is -4.79. The quantitative estimate of drug-likeness (QED) is 0.102. The molecule has 0 saturated carbocycles. The zero-order valence-corrected chi connectivity index (χ0v) is 23.8. The van der Waals surface area contributed by atoms with Crippen LogP contribution in [0.1, 0.15) is 43.7 Å². The summed E-state index contributed by atoms with van der Waals surface area (Å²) in [6, 6.07) is 15.9. The fourth-order valence-corrected chi connectivity index (χ4v) is 5.37. The number of thiazole rings is 1. The summed E-state index contributed by atoms with van der Waals surface area (Å²) >= 11 is 1.01. The number of rotatable bonds is 10. The molecule has 15 heteroatoms. The smallest absolute Gasteiger partial charge is 0.362 e. The highest BCUT2D eigenvalue weighted by atomic mass is 32.2. The number of amides is 2. The molecule has 4 N–H and O–H groups in total. The number of nitrogens with one attached hydrogen (secondary N) is 1. The van der Waals surface area contributed by atoms with Crippen molar-refractivity contribution in [2.24, 2.45) is 5.16 Å². The van der Waals surface area contributed by atoms with E-state index < -0.39 is 57.6 Å². The Morgan fingerprint density at radius 2 is 1.68 bits per heavy atom. The van der Waals surface area contributed by atoms with E-state index in [1.165, 1.54) is 26.2 Å². The van der Waals surface area contributed by atoms with Gasteiger partial charge in [0.15, 0.2) is 16.9 Å². The number of anilines is 1. The van der Waals surface area contributed by atoms with E-state index >= 15 is 0 Å². The summed E-state index contributed by atoms with van der Waals surface area (Å²) in [7, 11) is -4.79. The van der Waals surface area contributed by atoms with Gasteiger partial charge in [0.2, 0.25) is 5.60 Å². The second-order valence-corrected chi connectivity index (χ2v) is 11.7. The van der Waals surface area contributed by atoms with E-state index in [1.807, 2.05) is 60.7 Å². The lowest BCUT2D eigenvalue weighted by atomic mass is 10.0. The Bertz CT molecular complexity index is 1540. The van der Waals surface area contributed by atoms with Crippen molar-refractivity contribution in [1.29, 1.82) is 0 Å². The predicted molar refractivity (Wildman–Crippen MR) is 149 cm³/mol. The summed E-state index contributed by atoms with van der Waals surface area (Å²) in [4.78, 5) is 48.3. The van der Waals surface area contributed by atoms with E-state index in [4.69, 9.17) is 15.3 Å². The summed E-state index contributed by atoms with van der Waals surface area (Å²) in [6.07, 6.45) is -0.755. The van der Waals surface area contributed by atoms with Crippen LogP contribution in [0.2, 0.25) is 0 Å². The maximum Gasteiger partial charge on any atom is 0.362 e. The highest BCUT2D eigenvalue weighted by Crippen LogP contribution is 2.29. The molecule has 0 bridgehead atoms. The van der Waals surface area contributed by atoms with Gasteiger partial charge in [0.25, 0.3) is 11.8 Å². The number of oxime groups is 1. The molecule has 0 unspecified atom stereocenters. The van der Waals surface area contributed by atoms with Gasteiger partial charge in [-0.1, -0.05) is 65.8 Å². The molecule has 0 spiro atoms. The fraction of sp³-hybridized carbons (Fsp3) is 0.269. The molecule has 216 valence electrons. The molecule has 3 aromatic rings. The zero-order chi connectivity index (χ0) is 29.9. The number of nitrogen functional groups attached to an aromatic ring is 1. The Hall–Kier alpha value is -4.34. The van der Waals surface area contributed by atoms with Gasteiger partial charge in [0.05, 0.1) is 6.04 Å². The fourth-order valence-electron chi connectivity index (χ4n) is 3.94. The van der Waals surface area contributed by atoms with E-state index in [0.717, 1.165) is 22.5 Å². The number of carbonyl (C=O) groups is 3. The molecule has 1 aliphatic heterocycles. The van der Waals surface area contributed by atoms with Crippen LogP contribution in [-0.4, -0.2) is 63.4 Å². The maximum atomic E-state index is 13.3. The van der Waals surface area contributed by atoms with Gasteiger partial charge < -0.3 is 20.6 Å². The number of carbonyl (C=O) groups excluding carboxylic acids is 3. The van der Waals surface area contributed by atoms with Crippen molar-refractivity contribution in [3.05, 3.63) is 82.9 Å². The van der Waals surface area contributed by atoms with Gasteiger partial charge in [0.1, 0.15) is 11.7 Å². The Balaban J connectivity index is 1.55. The van der Waals surface area contributed by atoms with Crippen molar-refractivity contribution in [2.75, 3.05) is 5.73 Å². The molecule has 2 amide bonds. The monoisotopic (exact) mass is 601 g/mol. The van der Waals surface area contributed by atoms with Crippen molar-refractivity contribution in [3.8, 4) is 0 Å². The van der Waals surface area contributed by atoms with Crippen LogP contribution in [0.3, 0.4) is 0 Å². The lowest BCUT2D eigenvalue weighted by molar-refractivity contribution is -0.172. The second-order valence-electron chi connectivity index (χ2n) is 9.52. The van der Waals surface area contributed by atoms with Gasteiger partial charge in [-0.05, 0) is 31.9 Å². The summed E-state index contributed by atoms with van der Waals surface area (Å²) in [5, 5.41) is 7.77. The Kier molecular flexibility index (Phi) is 8.42. The zero-order valence-electron chi connectivity index (χ0n) is 22.1. The molecule has 2 aromatic carbocycles. The van der Waals surface area contributed by atoms with Gasteiger partial charge in [0, 0.05) is 5.38 Å². The summed E-state index contributed by atoms with van der Waals surface area (Å²) in [5.41, 5.74) is 5.03. The number of benzene rings is 2. The molecular formula is C26H27N5O8S2. The van der Waals surface area contributed by atoms with Crippen LogP contribution in [0.25, 0.3) is 0 Å². The van der Waals surface area contributed by atoms with Gasteiger partial charge in [-0.15, -0.1) is 11.3 Å². The number of aromatic nitrogens is 1. The minimum absolute atomic E-state index is 0.00771. The molecule has 0 aliphatic carbocycles. The maximum absolute atomic E-state index is 13.3. The number of ether oxygens (including phenoxy) is 1. The normalized spacial score (nSPS) is 17.6. The van der Waals surface area contributed by atoms with Crippen LogP contribution in [0.15, 0.2) is 71.2 Å². The van der Waals surface area contributed by atoms with Crippen LogP contribution < -0.4 is 11.1 Å². The molecule has 13 nitrogen and oxygen atoms in total. The van der Waals surface area contributed by atoms with E-state index in [9.17, 15) is 27.4 Å². The molecule has 4 rings (SSSR count). The summed E-state index contributed by atoms with van der Waals surface area (Å²) in [6.45, 7) is 4.12. The highest BCUT2D eigenvalue weighted by molar-refractivity contribution is 7.84. The van der Waals surface area contributed by atoms with Crippen molar-refractivity contribution in [1.82, 2.24) is 14.6 Å². The van der Waals surface area contributed by atoms with Crippen LogP contribution >= 0.6 is 11.3 Å². The summed E-state index contributed by atoms with van der Waals surface area (Å²) < 4.78 is 38.1. The molecule has 41 heavy (non-hydrogen) atoms. The van der Waals surface area contributed by atoms with Crippen molar-refractivity contribution in [2.45, 2.75) is 44.6 Å². The van der Waals surface area contributed by atoms with Crippen molar-refractivity contribution >= 4 is 50.3 Å². The first-order valence-electron chi connectivity index (χ1n) is 12.2. The molecule has 1 saturated heterocycles. The third kappa shape index (κ3) is 6.53. The van der Waals surface area contributed by atoms with Crippen LogP contribution in [0, 0.1) is 0 Å². The molecule has 2 heterocycles. The largest absolute Gasteiger partial charge is 0.450 e. The van der Waals surface area contributed by atoms with E-state index in [1.54, 1.807) is 0 Å². The average Bonchev–Trinajstić information content (AvgIpc) is 3.36. The van der Waals surface area contributed by atoms with Gasteiger partial charge in [-0.2, -0.15) is 8.42 Å². The van der Waals surface area contributed by atoms with Crippen molar-refractivity contribution in [3.63, 3.8) is 0 Å². The Morgan fingerprint density at radius 1 is 1.12 bits per heavy atom. The number of hydrogen-bond acceptors (Lipinski definition) is 11. The highest BCUT2D eigenvalue weighted by Gasteiger charge is 2.51. The number of nitrogens with two attached hydrogens (primary N) is 1. The lowest BCUT2D eigenvalue weighted by Gasteiger charge is -2.42. The predicted octanol–water partition coefficient (Wildman–Crippen LogP) is 2.08. The van der Waals surface area contributed by atoms with Crippen molar-refractivity contribution < 1.29 is 36.9 Å². The number of esters is 1. The molecule has 1 fully saturated rings. The molecular weight excluding hydrogens is 574 g/mol. The Morgan fingerprint density at radius 3 is 2.15 bits per heavy atom. The summed E-state index contributed by atoms with van der Waals surface area (Å²) in [5.74, 6) is -2.78.